The minimum Gasteiger partial charge on any atom is -0.374 e. The third-order valence-corrected chi connectivity index (χ3v) is 3.18. The van der Waals surface area contributed by atoms with E-state index in [4.69, 9.17) is 4.74 Å². The average Bonchev–Trinajstić information content (AvgIpc) is 2.49. The van der Waals surface area contributed by atoms with Crippen molar-refractivity contribution in [1.82, 2.24) is 9.55 Å². The molecule has 110 valence electrons. The highest BCUT2D eigenvalue weighted by Crippen LogP contribution is 2.08. The first-order valence-corrected chi connectivity index (χ1v) is 6.68. The normalized spacial score (nSPS) is 12.0. The average molecular weight is 286 g/mol. The summed E-state index contributed by atoms with van der Waals surface area (Å²) in [6, 6.07) is 9.45. The van der Waals surface area contributed by atoms with Crippen molar-refractivity contribution >= 4 is 0 Å². The molecule has 0 saturated carbocycles. The fourth-order valence-electron chi connectivity index (χ4n) is 1.97. The number of aromatic amines is 1. The first-order chi connectivity index (χ1) is 10.1. The van der Waals surface area contributed by atoms with Crippen molar-refractivity contribution in [2.45, 2.75) is 19.6 Å². The van der Waals surface area contributed by atoms with Crippen molar-refractivity contribution in [2.75, 3.05) is 6.61 Å². The molecule has 1 aromatic carbocycles. The highest BCUT2D eigenvalue weighted by atomic mass is 16.5. The molecule has 5 heteroatoms. The van der Waals surface area contributed by atoms with Crippen LogP contribution in [-0.4, -0.2) is 16.2 Å². The summed E-state index contributed by atoms with van der Waals surface area (Å²) in [4.78, 5) is 25.5. The number of hydrogen-bond donors (Lipinski definition) is 1. The maximum atomic E-state index is 11.8. The van der Waals surface area contributed by atoms with Gasteiger partial charge in [-0.25, -0.2) is 4.79 Å². The largest absolute Gasteiger partial charge is 0.374 e. The predicted molar refractivity (Wildman–Crippen MR) is 81.4 cm³/mol. The zero-order valence-electron chi connectivity index (χ0n) is 11.9. The summed E-state index contributed by atoms with van der Waals surface area (Å²) in [7, 11) is 0. The molecule has 0 unspecified atom stereocenters. The van der Waals surface area contributed by atoms with E-state index < -0.39 is 5.69 Å². The summed E-state index contributed by atoms with van der Waals surface area (Å²) in [5.74, 6) is 0. The molecule has 0 fully saturated rings. The van der Waals surface area contributed by atoms with Gasteiger partial charge in [0.1, 0.15) is 0 Å². The molecule has 1 N–H and O–H groups in total. The van der Waals surface area contributed by atoms with Crippen LogP contribution in [0.25, 0.3) is 0 Å². The number of hydrogen-bond acceptors (Lipinski definition) is 3. The van der Waals surface area contributed by atoms with E-state index in [1.54, 1.807) is 13.0 Å². The molecular formula is C16H18N2O3. The molecule has 2 rings (SSSR count). The quantitative estimate of drug-likeness (QED) is 0.823. The molecule has 0 saturated heterocycles. The molecule has 1 atom stereocenters. The molecule has 1 heterocycles. The van der Waals surface area contributed by atoms with Gasteiger partial charge in [-0.2, -0.15) is 0 Å². The van der Waals surface area contributed by atoms with Crippen molar-refractivity contribution in [1.29, 1.82) is 0 Å². The van der Waals surface area contributed by atoms with Gasteiger partial charge < -0.3 is 4.74 Å². The summed E-state index contributed by atoms with van der Waals surface area (Å²) in [6.45, 7) is 6.15. The second kappa shape index (κ2) is 6.85. The molecular weight excluding hydrogens is 268 g/mol. The van der Waals surface area contributed by atoms with Crippen LogP contribution in [-0.2, 0) is 11.3 Å². The van der Waals surface area contributed by atoms with E-state index in [1.807, 2.05) is 30.3 Å². The summed E-state index contributed by atoms with van der Waals surface area (Å²) < 4.78 is 7.05. The smallest absolute Gasteiger partial charge is 0.328 e. The monoisotopic (exact) mass is 286 g/mol. The molecule has 2 aromatic rings. The fraction of sp³-hybridized carbons (Fsp3) is 0.250. The van der Waals surface area contributed by atoms with Crippen molar-refractivity contribution in [3.8, 4) is 0 Å². The minimum absolute atomic E-state index is 0.309. The number of rotatable bonds is 6. The third kappa shape index (κ3) is 3.79. The Kier molecular flexibility index (Phi) is 4.90. The number of nitrogens with zero attached hydrogens (tertiary/aromatic N) is 1. The first-order valence-electron chi connectivity index (χ1n) is 6.68. The van der Waals surface area contributed by atoms with E-state index in [0.29, 0.717) is 18.8 Å². The van der Waals surface area contributed by atoms with Gasteiger partial charge in [0.25, 0.3) is 5.56 Å². The van der Waals surface area contributed by atoms with Crippen molar-refractivity contribution in [3.05, 3.63) is 81.1 Å². The van der Waals surface area contributed by atoms with E-state index in [-0.39, 0.29) is 11.6 Å². The molecule has 0 amide bonds. The molecule has 0 aliphatic rings. The Labute approximate surface area is 122 Å². The topological polar surface area (TPSA) is 64.1 Å². The second-order valence-corrected chi connectivity index (χ2v) is 4.78. The molecule has 0 spiro atoms. The minimum atomic E-state index is -0.459. The number of ether oxygens (including phenoxy) is 1. The molecule has 0 aliphatic carbocycles. The van der Waals surface area contributed by atoms with Gasteiger partial charge in [0.15, 0.2) is 0 Å². The Balaban J connectivity index is 2.07. The molecule has 5 nitrogen and oxygen atoms in total. The van der Waals surface area contributed by atoms with E-state index >= 15 is 0 Å². The summed E-state index contributed by atoms with van der Waals surface area (Å²) in [5.41, 5.74) is 0.706. The SMILES string of the molecule is C=C[C@@H](COCc1ccccc1)n1cc(C)c(=O)[nH]c1=O. The standard InChI is InChI=1S/C16H18N2O3/c1-3-14(11-21-10-13-7-5-4-6-8-13)18-9-12(2)15(19)17-16(18)20/h3-9,14H,1,10-11H2,2H3,(H,17,19,20)/t14-/m0/s1. The van der Waals surface area contributed by atoms with Crippen molar-refractivity contribution in [2.24, 2.45) is 0 Å². The van der Waals surface area contributed by atoms with E-state index in [1.165, 1.54) is 10.8 Å². The first kappa shape index (κ1) is 15.0. The zero-order chi connectivity index (χ0) is 15.2. The molecule has 0 radical (unpaired) electrons. The van der Waals surface area contributed by atoms with Crippen LogP contribution in [0.1, 0.15) is 17.2 Å². The fourth-order valence-corrected chi connectivity index (χ4v) is 1.97. The van der Waals surface area contributed by atoms with Crippen LogP contribution >= 0.6 is 0 Å². The molecule has 21 heavy (non-hydrogen) atoms. The van der Waals surface area contributed by atoms with Gasteiger partial charge in [-0.05, 0) is 12.5 Å². The Morgan fingerprint density at radius 3 is 2.71 bits per heavy atom. The summed E-state index contributed by atoms with van der Waals surface area (Å²) >= 11 is 0. The van der Waals surface area contributed by atoms with Gasteiger partial charge in [0, 0.05) is 11.8 Å². The van der Waals surface area contributed by atoms with E-state index in [0.717, 1.165) is 5.56 Å². The summed E-state index contributed by atoms with van der Waals surface area (Å²) in [5, 5.41) is 0. The third-order valence-electron chi connectivity index (χ3n) is 3.18. The lowest BCUT2D eigenvalue weighted by atomic mass is 10.2. The van der Waals surface area contributed by atoms with Gasteiger partial charge >= 0.3 is 5.69 Å². The number of aromatic nitrogens is 2. The number of H-pyrrole nitrogens is 1. The van der Waals surface area contributed by atoms with Crippen molar-refractivity contribution < 1.29 is 4.74 Å². The van der Waals surface area contributed by atoms with Crippen molar-refractivity contribution in [3.63, 3.8) is 0 Å². The van der Waals surface area contributed by atoms with Gasteiger partial charge in [0.05, 0.1) is 19.3 Å². The lowest BCUT2D eigenvalue weighted by Crippen LogP contribution is -2.34. The predicted octanol–water partition coefficient (Wildman–Crippen LogP) is 1.79. The van der Waals surface area contributed by atoms with E-state index in [9.17, 15) is 9.59 Å². The Bertz CT molecular complexity index is 716. The second-order valence-electron chi connectivity index (χ2n) is 4.78. The number of benzene rings is 1. The Hall–Kier alpha value is -2.40. The highest BCUT2D eigenvalue weighted by molar-refractivity contribution is 5.13. The Morgan fingerprint density at radius 2 is 2.05 bits per heavy atom. The van der Waals surface area contributed by atoms with Crippen LogP contribution in [0.15, 0.2) is 58.8 Å². The Morgan fingerprint density at radius 1 is 1.33 bits per heavy atom. The van der Waals surface area contributed by atoms with Crippen LogP contribution in [0.2, 0.25) is 0 Å². The van der Waals surface area contributed by atoms with Gasteiger partial charge in [-0.1, -0.05) is 36.4 Å². The molecule has 0 aliphatic heterocycles. The van der Waals surface area contributed by atoms with E-state index in [2.05, 4.69) is 11.6 Å². The van der Waals surface area contributed by atoms with Crippen LogP contribution in [0, 0.1) is 6.92 Å². The van der Waals surface area contributed by atoms with Crippen LogP contribution in [0.5, 0.6) is 0 Å². The van der Waals surface area contributed by atoms with Crippen LogP contribution in [0.4, 0.5) is 0 Å². The van der Waals surface area contributed by atoms with Gasteiger partial charge in [0.2, 0.25) is 0 Å². The maximum Gasteiger partial charge on any atom is 0.328 e. The zero-order valence-corrected chi connectivity index (χ0v) is 11.9. The van der Waals surface area contributed by atoms with Gasteiger partial charge in [-0.3, -0.25) is 14.3 Å². The molecule has 0 bridgehead atoms. The highest BCUT2D eigenvalue weighted by Gasteiger charge is 2.10. The number of aryl methyl sites for hydroxylation is 1. The number of nitrogens with one attached hydrogen (secondary N) is 1. The lowest BCUT2D eigenvalue weighted by Gasteiger charge is -2.16. The van der Waals surface area contributed by atoms with Crippen LogP contribution < -0.4 is 11.2 Å². The van der Waals surface area contributed by atoms with Crippen LogP contribution in [0.3, 0.4) is 0 Å². The maximum absolute atomic E-state index is 11.8. The summed E-state index contributed by atoms with van der Waals surface area (Å²) in [6.07, 6.45) is 3.16. The lowest BCUT2D eigenvalue weighted by molar-refractivity contribution is 0.101. The van der Waals surface area contributed by atoms with Gasteiger partial charge in [-0.15, -0.1) is 6.58 Å². The molecule has 1 aromatic heterocycles.